The van der Waals surface area contributed by atoms with E-state index in [2.05, 4.69) is 63.3 Å². The van der Waals surface area contributed by atoms with E-state index < -0.39 is 2.86 Å². The van der Waals surface area contributed by atoms with Gasteiger partial charge in [-0.2, -0.15) is 0 Å². The van der Waals surface area contributed by atoms with Gasteiger partial charge in [0, 0.05) is 0 Å². The van der Waals surface area contributed by atoms with E-state index in [0.29, 0.717) is 0 Å². The second kappa shape index (κ2) is 8.03. The maximum atomic E-state index is 8.94. The van der Waals surface area contributed by atoms with Gasteiger partial charge in [0.25, 0.3) is 0 Å². The molecule has 0 bridgehead atoms. The Morgan fingerprint density at radius 2 is 1.86 bits per heavy atom. The molecule has 2 rings (SSSR count). The number of hydrogen-bond acceptors (Lipinski definition) is 4. The molecule has 22 heavy (non-hydrogen) atoms. The number of nitrogens with zero attached hydrogens (tertiary/aromatic N) is 1. The molecule has 1 aliphatic heterocycles. The van der Waals surface area contributed by atoms with Crippen LogP contribution < -0.4 is 11.0 Å². The fourth-order valence-corrected chi connectivity index (χ4v) is 10.3. The van der Waals surface area contributed by atoms with E-state index in [9.17, 15) is 0 Å². The summed E-state index contributed by atoms with van der Waals surface area (Å²) in [5.74, 6) is 0.872. The van der Waals surface area contributed by atoms with Crippen LogP contribution in [0.15, 0.2) is 23.1 Å². The van der Waals surface area contributed by atoms with Gasteiger partial charge < -0.3 is 0 Å². The first kappa shape index (κ1) is 19.5. The van der Waals surface area contributed by atoms with Crippen LogP contribution in [-0.2, 0) is 0 Å². The molecule has 1 aromatic carbocycles. The van der Waals surface area contributed by atoms with Crippen LogP contribution in [0, 0.1) is 0 Å². The predicted molar refractivity (Wildman–Crippen MR) is 112 cm³/mol. The maximum absolute atomic E-state index is 8.94. The summed E-state index contributed by atoms with van der Waals surface area (Å²) in [5.41, 5.74) is 6.90. The van der Waals surface area contributed by atoms with Gasteiger partial charge in [-0.25, -0.2) is 0 Å². The summed E-state index contributed by atoms with van der Waals surface area (Å²) in [7, 11) is 0. The first-order chi connectivity index (χ1) is 10.3. The summed E-state index contributed by atoms with van der Waals surface area (Å²) < 4.78 is -0.124. The van der Waals surface area contributed by atoms with Crippen molar-refractivity contribution in [1.29, 1.82) is 0 Å². The van der Waals surface area contributed by atoms with E-state index in [1.54, 1.807) is 11.8 Å². The molecular formula is C14H22Br3N2OPS. The SMILES string of the molecule is Nc1ccc(P(Br)(Br)(Br)N2CCCCC2)cc1SCCCO. The zero-order valence-electron chi connectivity index (χ0n) is 12.4. The molecule has 1 fully saturated rings. The molecule has 8 heteroatoms. The van der Waals surface area contributed by atoms with Crippen LogP contribution in [0.2, 0.25) is 0 Å². The number of aliphatic hydroxyl groups is 1. The van der Waals surface area contributed by atoms with E-state index in [4.69, 9.17) is 10.8 Å². The average molecular weight is 537 g/mol. The Hall–Kier alpha value is 1.16. The van der Waals surface area contributed by atoms with Crippen molar-refractivity contribution >= 4 is 72.1 Å². The van der Waals surface area contributed by atoms with Crippen LogP contribution in [0.5, 0.6) is 0 Å². The normalized spacial score (nSPS) is 18.8. The Morgan fingerprint density at radius 3 is 2.50 bits per heavy atom. The Balaban J connectivity index is 2.27. The first-order valence-electron chi connectivity index (χ1n) is 7.40. The molecule has 0 spiro atoms. The quantitative estimate of drug-likeness (QED) is 0.226. The van der Waals surface area contributed by atoms with Crippen molar-refractivity contribution in [3.8, 4) is 0 Å². The van der Waals surface area contributed by atoms with Crippen molar-refractivity contribution in [3.63, 3.8) is 0 Å². The van der Waals surface area contributed by atoms with Crippen LogP contribution in [0.4, 0.5) is 5.69 Å². The minimum atomic E-state index is -2.61. The van der Waals surface area contributed by atoms with Crippen molar-refractivity contribution in [2.75, 3.05) is 31.2 Å². The number of rotatable bonds is 6. The van der Waals surface area contributed by atoms with Gasteiger partial charge in [-0.1, -0.05) is 0 Å². The number of hydrogen-bond donors (Lipinski definition) is 2. The number of benzene rings is 1. The number of thioether (sulfide) groups is 1. The molecule has 0 atom stereocenters. The molecule has 3 N–H and O–H groups in total. The van der Waals surface area contributed by atoms with Crippen molar-refractivity contribution in [1.82, 2.24) is 4.67 Å². The first-order valence-corrected chi connectivity index (χ1v) is 16.6. The van der Waals surface area contributed by atoms with Crippen molar-refractivity contribution in [3.05, 3.63) is 18.2 Å². The summed E-state index contributed by atoms with van der Waals surface area (Å²) in [6.45, 7) is 2.38. The standard InChI is InChI=1S/C14H22Br3N2OPS/c15-21(16,17,19-7-2-1-3-8-19)12-5-6-13(18)14(11-12)22-10-4-9-20/h5-6,11,20H,1-4,7-10,18H2. The monoisotopic (exact) mass is 534 g/mol. The second-order valence-corrected chi connectivity index (χ2v) is 30.2. The summed E-state index contributed by atoms with van der Waals surface area (Å²) in [6.07, 6.45) is 4.54. The van der Waals surface area contributed by atoms with E-state index >= 15 is 0 Å². The number of aliphatic hydroxyl groups excluding tert-OH is 1. The van der Waals surface area contributed by atoms with Crippen LogP contribution in [0.1, 0.15) is 25.7 Å². The van der Waals surface area contributed by atoms with Crippen LogP contribution in [0.25, 0.3) is 0 Å². The summed E-state index contributed by atoms with van der Waals surface area (Å²) >= 11 is 13.7. The van der Waals surface area contributed by atoms with Crippen LogP contribution in [0.3, 0.4) is 0 Å². The molecule has 0 aliphatic carbocycles. The van der Waals surface area contributed by atoms with E-state index in [1.807, 2.05) is 6.07 Å². The number of nitrogens with two attached hydrogens (primary N) is 1. The zero-order valence-corrected chi connectivity index (χ0v) is 18.8. The van der Waals surface area contributed by atoms with Crippen molar-refractivity contribution in [2.24, 2.45) is 0 Å². The molecule has 1 aliphatic rings. The second-order valence-electron chi connectivity index (χ2n) is 5.43. The third kappa shape index (κ3) is 4.62. The molecule has 126 valence electrons. The molecule has 1 heterocycles. The van der Waals surface area contributed by atoms with E-state index in [1.165, 1.54) is 24.6 Å². The Labute approximate surface area is 161 Å². The van der Waals surface area contributed by atoms with Gasteiger partial charge in [0.15, 0.2) is 0 Å². The van der Waals surface area contributed by atoms with E-state index in [-0.39, 0.29) is 6.61 Å². The van der Waals surface area contributed by atoms with Crippen molar-refractivity contribution in [2.45, 2.75) is 30.6 Å². The molecule has 3 nitrogen and oxygen atoms in total. The summed E-state index contributed by atoms with van der Waals surface area (Å²) in [4.78, 5) is 1.08. The summed E-state index contributed by atoms with van der Waals surface area (Å²) in [6, 6.07) is 6.24. The number of anilines is 1. The Kier molecular flexibility index (Phi) is 7.11. The third-order valence-corrected chi connectivity index (χ3v) is 15.1. The van der Waals surface area contributed by atoms with Gasteiger partial charge in [-0.15, -0.1) is 0 Å². The number of piperidine rings is 1. The van der Waals surface area contributed by atoms with Gasteiger partial charge >= 0.3 is 162 Å². The Bertz CT molecular complexity index is 519. The fourth-order valence-electron chi connectivity index (χ4n) is 2.48. The van der Waals surface area contributed by atoms with Crippen LogP contribution in [-0.4, -0.2) is 35.2 Å². The average Bonchev–Trinajstić information content (AvgIpc) is 2.49. The third-order valence-electron chi connectivity index (χ3n) is 3.76. The number of nitrogen functional groups attached to an aromatic ring is 1. The predicted octanol–water partition coefficient (Wildman–Crippen LogP) is 5.25. The van der Waals surface area contributed by atoms with Crippen molar-refractivity contribution < 1.29 is 5.11 Å². The van der Waals surface area contributed by atoms with E-state index in [0.717, 1.165) is 35.8 Å². The fraction of sp³-hybridized carbons (Fsp3) is 0.571. The number of halogens is 3. The molecule has 1 saturated heterocycles. The molecular weight excluding hydrogens is 515 g/mol. The van der Waals surface area contributed by atoms with Gasteiger partial charge in [0.2, 0.25) is 0 Å². The molecule has 0 unspecified atom stereocenters. The molecule has 0 aromatic heterocycles. The van der Waals surface area contributed by atoms with Gasteiger partial charge in [0.05, 0.1) is 0 Å². The Morgan fingerprint density at radius 1 is 1.18 bits per heavy atom. The van der Waals surface area contributed by atoms with Gasteiger partial charge in [-0.3, -0.25) is 0 Å². The zero-order chi connectivity index (χ0) is 16.2. The van der Waals surface area contributed by atoms with Crippen LogP contribution >= 0.6 is 61.1 Å². The topological polar surface area (TPSA) is 49.5 Å². The molecule has 0 radical (unpaired) electrons. The van der Waals surface area contributed by atoms with Gasteiger partial charge in [0.1, 0.15) is 0 Å². The molecule has 0 saturated carbocycles. The molecule has 0 amide bonds. The van der Waals surface area contributed by atoms with Gasteiger partial charge in [-0.05, 0) is 0 Å². The summed E-state index contributed by atoms with van der Waals surface area (Å²) in [5, 5.41) is 10.1. The minimum absolute atomic E-state index is 0.217. The molecule has 1 aromatic rings.